The van der Waals surface area contributed by atoms with Crippen LogP contribution >= 0.6 is 0 Å². The van der Waals surface area contributed by atoms with E-state index in [9.17, 15) is 8.78 Å². The molecule has 0 N–H and O–H groups in total. The van der Waals surface area contributed by atoms with E-state index < -0.39 is 17.2 Å². The van der Waals surface area contributed by atoms with Crippen LogP contribution in [-0.2, 0) is 13.1 Å². The first kappa shape index (κ1) is 17.5. The number of aromatic nitrogens is 5. The molecule has 8 heteroatoms. The molecule has 0 saturated heterocycles. The number of nitriles is 1. The van der Waals surface area contributed by atoms with Crippen LogP contribution in [0.1, 0.15) is 5.56 Å². The van der Waals surface area contributed by atoms with Gasteiger partial charge in [-0.05, 0) is 36.4 Å². The van der Waals surface area contributed by atoms with E-state index in [0.717, 1.165) is 23.4 Å². The molecule has 0 fully saturated rings. The van der Waals surface area contributed by atoms with Crippen molar-refractivity contribution in [1.29, 1.82) is 5.26 Å². The lowest BCUT2D eigenvalue weighted by atomic mass is 10.1. The topological polar surface area (TPSA) is 72.3 Å². The second-order valence-corrected chi connectivity index (χ2v) is 6.07. The highest BCUT2D eigenvalue weighted by Crippen LogP contribution is 2.23. The number of pyridine rings is 1. The Morgan fingerprint density at radius 2 is 1.82 bits per heavy atom. The molecule has 0 spiro atoms. The second-order valence-electron chi connectivity index (χ2n) is 6.07. The minimum absolute atomic E-state index is 0.280. The van der Waals surface area contributed by atoms with Crippen molar-refractivity contribution in [2.75, 3.05) is 0 Å². The number of hydrogen-bond acceptors (Lipinski definition) is 4. The molecular weight excluding hydrogens is 362 g/mol. The Kier molecular flexibility index (Phi) is 4.64. The van der Waals surface area contributed by atoms with E-state index in [1.54, 1.807) is 35.5 Å². The minimum Gasteiger partial charge on any atom is -0.270 e. The Hall–Kier alpha value is -3.86. The summed E-state index contributed by atoms with van der Waals surface area (Å²) >= 11 is 0. The third-order valence-corrected chi connectivity index (χ3v) is 4.31. The van der Waals surface area contributed by atoms with Gasteiger partial charge >= 0.3 is 0 Å². The van der Waals surface area contributed by atoms with Crippen LogP contribution < -0.4 is 0 Å². The Morgan fingerprint density at radius 1 is 1.00 bits per heavy atom. The van der Waals surface area contributed by atoms with Gasteiger partial charge in [-0.15, -0.1) is 0 Å². The van der Waals surface area contributed by atoms with E-state index in [4.69, 9.17) is 5.26 Å². The Balaban J connectivity index is 1.52. The van der Waals surface area contributed by atoms with Crippen LogP contribution in [0.2, 0.25) is 0 Å². The molecule has 28 heavy (non-hydrogen) atoms. The van der Waals surface area contributed by atoms with Crippen molar-refractivity contribution in [2.24, 2.45) is 0 Å². The predicted octanol–water partition coefficient (Wildman–Crippen LogP) is 3.66. The molecule has 4 aromatic rings. The first-order valence-corrected chi connectivity index (χ1v) is 8.51. The maximum Gasteiger partial charge on any atom is 0.144 e. The molecule has 1 aromatic carbocycles. The van der Waals surface area contributed by atoms with Gasteiger partial charge < -0.3 is 0 Å². The number of benzene rings is 1. The summed E-state index contributed by atoms with van der Waals surface area (Å²) in [4.78, 5) is 4.12. The van der Waals surface area contributed by atoms with Gasteiger partial charge in [0.2, 0.25) is 0 Å². The average molecular weight is 376 g/mol. The fourth-order valence-corrected chi connectivity index (χ4v) is 2.94. The Labute approximate surface area is 159 Å². The van der Waals surface area contributed by atoms with Gasteiger partial charge in [-0.1, -0.05) is 0 Å². The average Bonchev–Trinajstić information content (AvgIpc) is 3.36. The zero-order chi connectivity index (χ0) is 19.5. The summed E-state index contributed by atoms with van der Waals surface area (Å²) in [5, 5.41) is 17.5. The van der Waals surface area contributed by atoms with E-state index in [2.05, 4.69) is 15.2 Å². The SMILES string of the molecule is N#Cc1c(F)cc(-c2ccn(CCn3nccc3-c3cccnc3)n2)cc1F. The molecule has 0 aliphatic carbocycles. The monoisotopic (exact) mass is 376 g/mol. The highest BCUT2D eigenvalue weighted by molar-refractivity contribution is 5.60. The quantitative estimate of drug-likeness (QED) is 0.533. The molecular formula is C20H14F2N6. The van der Waals surface area contributed by atoms with Gasteiger partial charge in [0.25, 0.3) is 0 Å². The van der Waals surface area contributed by atoms with E-state index in [1.807, 2.05) is 22.9 Å². The van der Waals surface area contributed by atoms with Gasteiger partial charge in [0.05, 0.1) is 24.5 Å². The van der Waals surface area contributed by atoms with Crippen LogP contribution in [0, 0.1) is 23.0 Å². The first-order valence-electron chi connectivity index (χ1n) is 8.51. The number of hydrogen-bond donors (Lipinski definition) is 0. The van der Waals surface area contributed by atoms with Gasteiger partial charge in [0.15, 0.2) is 0 Å². The largest absolute Gasteiger partial charge is 0.270 e. The van der Waals surface area contributed by atoms with Crippen LogP contribution in [0.4, 0.5) is 8.78 Å². The van der Waals surface area contributed by atoms with Crippen molar-refractivity contribution in [3.63, 3.8) is 0 Å². The van der Waals surface area contributed by atoms with Gasteiger partial charge in [0.1, 0.15) is 23.3 Å². The zero-order valence-electron chi connectivity index (χ0n) is 14.6. The minimum atomic E-state index is -0.898. The number of halogens is 2. The standard InChI is InChI=1S/C20H14F2N6/c21-17-10-15(11-18(22)16(17)12-23)19-4-7-27(26-19)8-9-28-20(3-6-25-28)14-2-1-5-24-13-14/h1-7,10-11,13H,8-9H2. The summed E-state index contributed by atoms with van der Waals surface area (Å²) in [6, 6.07) is 11.1. The third-order valence-electron chi connectivity index (χ3n) is 4.31. The lowest BCUT2D eigenvalue weighted by molar-refractivity contribution is 0.504. The maximum absolute atomic E-state index is 13.8. The lowest BCUT2D eigenvalue weighted by Gasteiger charge is -2.07. The number of rotatable bonds is 5. The van der Waals surface area contributed by atoms with Gasteiger partial charge in [-0.25, -0.2) is 8.78 Å². The van der Waals surface area contributed by atoms with Crippen molar-refractivity contribution < 1.29 is 8.78 Å². The third kappa shape index (κ3) is 3.38. The van der Waals surface area contributed by atoms with E-state index in [-0.39, 0.29) is 5.56 Å². The van der Waals surface area contributed by atoms with Crippen LogP contribution in [0.15, 0.2) is 61.2 Å². The molecule has 0 saturated carbocycles. The Bertz CT molecular complexity index is 1130. The van der Waals surface area contributed by atoms with Crippen LogP contribution in [0.3, 0.4) is 0 Å². The predicted molar refractivity (Wildman–Crippen MR) is 97.8 cm³/mol. The second kappa shape index (κ2) is 7.40. The zero-order valence-corrected chi connectivity index (χ0v) is 14.6. The molecule has 0 bridgehead atoms. The molecule has 138 valence electrons. The van der Waals surface area contributed by atoms with E-state index in [0.29, 0.717) is 18.8 Å². The normalized spacial score (nSPS) is 10.8. The van der Waals surface area contributed by atoms with Crippen LogP contribution in [0.25, 0.3) is 22.5 Å². The molecule has 0 aliphatic rings. The molecule has 0 radical (unpaired) electrons. The fourth-order valence-electron chi connectivity index (χ4n) is 2.94. The molecule has 0 amide bonds. The van der Waals surface area contributed by atoms with Gasteiger partial charge in [-0.3, -0.25) is 14.3 Å². The number of aryl methyl sites for hydroxylation is 2. The maximum atomic E-state index is 13.8. The van der Waals surface area contributed by atoms with Crippen molar-refractivity contribution in [1.82, 2.24) is 24.5 Å². The summed E-state index contributed by atoms with van der Waals surface area (Å²) in [7, 11) is 0. The highest BCUT2D eigenvalue weighted by Gasteiger charge is 2.13. The molecule has 0 aliphatic heterocycles. The van der Waals surface area contributed by atoms with Gasteiger partial charge in [0, 0.05) is 35.9 Å². The number of nitrogens with zero attached hydrogens (tertiary/aromatic N) is 6. The molecule has 6 nitrogen and oxygen atoms in total. The molecule has 4 rings (SSSR count). The van der Waals surface area contributed by atoms with Crippen molar-refractivity contribution in [2.45, 2.75) is 13.1 Å². The van der Waals surface area contributed by atoms with Crippen molar-refractivity contribution in [3.05, 3.63) is 78.4 Å². The molecule has 0 unspecified atom stereocenters. The summed E-state index contributed by atoms with van der Waals surface area (Å²) in [5.41, 5.74) is 2.02. The van der Waals surface area contributed by atoms with E-state index in [1.165, 1.54) is 6.07 Å². The fraction of sp³-hybridized carbons (Fsp3) is 0.100. The van der Waals surface area contributed by atoms with Crippen LogP contribution in [0.5, 0.6) is 0 Å². The summed E-state index contributed by atoms with van der Waals surface area (Å²) in [5.74, 6) is -1.80. The van der Waals surface area contributed by atoms with Gasteiger partial charge in [-0.2, -0.15) is 15.5 Å². The molecule has 3 heterocycles. The lowest BCUT2D eigenvalue weighted by Crippen LogP contribution is -2.10. The summed E-state index contributed by atoms with van der Waals surface area (Å²) in [6.07, 6.45) is 6.94. The van der Waals surface area contributed by atoms with Crippen molar-refractivity contribution >= 4 is 0 Å². The summed E-state index contributed by atoms with van der Waals surface area (Å²) < 4.78 is 31.2. The Morgan fingerprint density at radius 3 is 2.54 bits per heavy atom. The molecule has 0 atom stereocenters. The van der Waals surface area contributed by atoms with Crippen molar-refractivity contribution in [3.8, 4) is 28.6 Å². The smallest absolute Gasteiger partial charge is 0.144 e. The molecule has 3 aromatic heterocycles. The summed E-state index contributed by atoms with van der Waals surface area (Å²) in [6.45, 7) is 1.09. The van der Waals surface area contributed by atoms with E-state index >= 15 is 0 Å². The van der Waals surface area contributed by atoms with Crippen LogP contribution in [-0.4, -0.2) is 24.5 Å². The highest BCUT2D eigenvalue weighted by atomic mass is 19.1. The first-order chi connectivity index (χ1) is 13.7.